The number of carbonyl (C=O) groups is 2. The van der Waals surface area contributed by atoms with Crippen LogP contribution in [0, 0.1) is 11.3 Å². The van der Waals surface area contributed by atoms with Crippen LogP contribution in [-0.4, -0.2) is 23.0 Å². The van der Waals surface area contributed by atoms with Crippen molar-refractivity contribution in [3.8, 4) is 11.8 Å². The number of hydrogen-bond acceptors (Lipinski definition) is 4. The Balaban J connectivity index is 1.93. The van der Waals surface area contributed by atoms with Gasteiger partial charge in [-0.1, -0.05) is 12.1 Å². The Labute approximate surface area is 121 Å². The van der Waals surface area contributed by atoms with Crippen molar-refractivity contribution in [2.45, 2.75) is 0 Å². The molecule has 0 aliphatic carbocycles. The first kappa shape index (κ1) is 14.3. The lowest BCUT2D eigenvalue weighted by molar-refractivity contribution is -0.122. The molecule has 2 amide bonds. The summed E-state index contributed by atoms with van der Waals surface area (Å²) < 4.78 is 6.85. The number of para-hydroxylation sites is 1. The van der Waals surface area contributed by atoms with Crippen LogP contribution < -0.4 is 10.1 Å². The second-order valence-electron chi connectivity index (χ2n) is 4.28. The van der Waals surface area contributed by atoms with Gasteiger partial charge in [-0.15, -0.1) is 0 Å². The molecule has 1 heterocycles. The van der Waals surface area contributed by atoms with Crippen LogP contribution in [0.4, 0.5) is 0 Å². The van der Waals surface area contributed by atoms with Crippen molar-refractivity contribution in [2.75, 3.05) is 6.61 Å². The fraction of sp³-hybridized carbons (Fsp3) is 0.133. The summed E-state index contributed by atoms with van der Waals surface area (Å²) >= 11 is 0. The summed E-state index contributed by atoms with van der Waals surface area (Å²) in [6.07, 6.45) is 1.71. The van der Waals surface area contributed by atoms with E-state index in [0.717, 1.165) is 0 Å². The molecule has 6 heteroatoms. The molecule has 0 aliphatic rings. The molecular weight excluding hydrogens is 270 g/mol. The third kappa shape index (κ3) is 3.48. The number of nitrogens with one attached hydrogen (secondary N) is 1. The SMILES string of the molecule is Cn1cccc1C(=O)NC(=O)COc1ccccc1C#N. The summed E-state index contributed by atoms with van der Waals surface area (Å²) in [7, 11) is 1.71. The zero-order valence-corrected chi connectivity index (χ0v) is 11.4. The standard InChI is InChI=1S/C15H13N3O3/c1-18-8-4-6-12(18)15(20)17-14(19)10-21-13-7-3-2-5-11(13)9-16/h2-8H,10H2,1H3,(H,17,19,20). The number of nitrogens with zero attached hydrogens (tertiary/aromatic N) is 2. The third-order valence-electron chi connectivity index (χ3n) is 2.80. The van der Waals surface area contributed by atoms with Crippen LogP contribution in [0.15, 0.2) is 42.6 Å². The van der Waals surface area contributed by atoms with Gasteiger partial charge in [0.15, 0.2) is 6.61 Å². The molecule has 21 heavy (non-hydrogen) atoms. The van der Waals surface area contributed by atoms with Gasteiger partial charge in [-0.2, -0.15) is 5.26 Å². The number of nitriles is 1. The minimum Gasteiger partial charge on any atom is -0.482 e. The lowest BCUT2D eigenvalue weighted by Crippen LogP contribution is -2.35. The molecule has 0 radical (unpaired) electrons. The fourth-order valence-electron chi connectivity index (χ4n) is 1.75. The van der Waals surface area contributed by atoms with Crippen LogP contribution in [0.25, 0.3) is 0 Å². The van der Waals surface area contributed by atoms with Crippen molar-refractivity contribution in [1.82, 2.24) is 9.88 Å². The van der Waals surface area contributed by atoms with Gasteiger partial charge in [-0.05, 0) is 24.3 Å². The van der Waals surface area contributed by atoms with E-state index in [9.17, 15) is 9.59 Å². The maximum absolute atomic E-state index is 11.8. The van der Waals surface area contributed by atoms with E-state index in [1.807, 2.05) is 6.07 Å². The van der Waals surface area contributed by atoms with Crippen molar-refractivity contribution in [1.29, 1.82) is 5.26 Å². The summed E-state index contributed by atoms with van der Waals surface area (Å²) in [5.74, 6) is -0.764. The van der Waals surface area contributed by atoms with Gasteiger partial charge in [-0.3, -0.25) is 14.9 Å². The first-order valence-corrected chi connectivity index (χ1v) is 6.19. The predicted octanol–water partition coefficient (Wildman–Crippen LogP) is 1.23. The highest BCUT2D eigenvalue weighted by Gasteiger charge is 2.13. The number of rotatable bonds is 4. The van der Waals surface area contributed by atoms with Gasteiger partial charge in [0.1, 0.15) is 17.5 Å². The topological polar surface area (TPSA) is 84.1 Å². The number of benzene rings is 1. The summed E-state index contributed by atoms with van der Waals surface area (Å²) in [5.41, 5.74) is 0.708. The molecule has 0 saturated carbocycles. The van der Waals surface area contributed by atoms with E-state index in [4.69, 9.17) is 10.00 Å². The largest absolute Gasteiger partial charge is 0.482 e. The highest BCUT2D eigenvalue weighted by molar-refractivity contribution is 6.04. The van der Waals surface area contributed by atoms with Crippen LogP contribution in [0.2, 0.25) is 0 Å². The van der Waals surface area contributed by atoms with Gasteiger partial charge in [-0.25, -0.2) is 0 Å². The molecule has 2 aromatic rings. The summed E-state index contributed by atoms with van der Waals surface area (Å²) in [6, 6.07) is 11.8. The quantitative estimate of drug-likeness (QED) is 0.914. The molecule has 1 aromatic heterocycles. The minimum absolute atomic E-state index is 0.307. The Bertz CT molecular complexity index is 713. The second-order valence-corrected chi connectivity index (χ2v) is 4.28. The lowest BCUT2D eigenvalue weighted by atomic mass is 10.2. The minimum atomic E-state index is -0.575. The molecule has 0 aliphatic heterocycles. The summed E-state index contributed by atoms with van der Waals surface area (Å²) in [4.78, 5) is 23.5. The van der Waals surface area contributed by atoms with Crippen LogP contribution in [0.1, 0.15) is 16.1 Å². The zero-order chi connectivity index (χ0) is 15.2. The molecule has 0 atom stereocenters. The molecule has 1 N–H and O–H groups in total. The molecule has 0 spiro atoms. The molecule has 106 valence electrons. The molecule has 1 aromatic carbocycles. The molecule has 6 nitrogen and oxygen atoms in total. The highest BCUT2D eigenvalue weighted by Crippen LogP contribution is 2.16. The molecule has 0 saturated heterocycles. The van der Waals surface area contributed by atoms with Gasteiger partial charge in [0, 0.05) is 13.2 Å². The average Bonchev–Trinajstić information content (AvgIpc) is 2.91. The van der Waals surface area contributed by atoms with Gasteiger partial charge in [0.25, 0.3) is 11.8 Å². The van der Waals surface area contributed by atoms with E-state index in [1.165, 1.54) is 0 Å². The zero-order valence-electron chi connectivity index (χ0n) is 11.4. The van der Waals surface area contributed by atoms with E-state index >= 15 is 0 Å². The number of ether oxygens (including phenoxy) is 1. The van der Waals surface area contributed by atoms with Gasteiger partial charge < -0.3 is 9.30 Å². The maximum Gasteiger partial charge on any atom is 0.274 e. The van der Waals surface area contributed by atoms with Crippen LogP contribution in [0.3, 0.4) is 0 Å². The number of aryl methyl sites for hydroxylation is 1. The summed E-state index contributed by atoms with van der Waals surface area (Å²) in [5, 5.41) is 11.1. The van der Waals surface area contributed by atoms with E-state index in [1.54, 1.807) is 54.2 Å². The third-order valence-corrected chi connectivity index (χ3v) is 2.80. The number of carbonyl (C=O) groups excluding carboxylic acids is 2. The monoisotopic (exact) mass is 283 g/mol. The Morgan fingerprint density at radius 3 is 2.71 bits per heavy atom. The van der Waals surface area contributed by atoms with Crippen molar-refractivity contribution >= 4 is 11.8 Å². The number of imide groups is 1. The average molecular weight is 283 g/mol. The van der Waals surface area contributed by atoms with Crippen molar-refractivity contribution in [2.24, 2.45) is 7.05 Å². The summed E-state index contributed by atoms with van der Waals surface area (Å²) in [6.45, 7) is -0.338. The van der Waals surface area contributed by atoms with Gasteiger partial charge >= 0.3 is 0 Å². The molecular formula is C15H13N3O3. The lowest BCUT2D eigenvalue weighted by Gasteiger charge is -2.08. The Morgan fingerprint density at radius 1 is 1.29 bits per heavy atom. The second kappa shape index (κ2) is 6.39. The van der Waals surface area contributed by atoms with E-state index in [2.05, 4.69) is 5.32 Å². The Morgan fingerprint density at radius 2 is 2.05 bits per heavy atom. The van der Waals surface area contributed by atoms with Gasteiger partial charge in [0.05, 0.1) is 5.56 Å². The smallest absolute Gasteiger partial charge is 0.274 e. The van der Waals surface area contributed by atoms with E-state index in [-0.39, 0.29) is 6.61 Å². The molecule has 0 unspecified atom stereocenters. The normalized spacial score (nSPS) is 9.71. The van der Waals surface area contributed by atoms with Crippen LogP contribution in [0.5, 0.6) is 5.75 Å². The predicted molar refractivity (Wildman–Crippen MR) is 74.5 cm³/mol. The van der Waals surface area contributed by atoms with Crippen LogP contribution in [-0.2, 0) is 11.8 Å². The van der Waals surface area contributed by atoms with Crippen molar-refractivity contribution in [3.63, 3.8) is 0 Å². The number of hydrogen-bond donors (Lipinski definition) is 1. The number of aromatic nitrogens is 1. The van der Waals surface area contributed by atoms with E-state index < -0.39 is 11.8 Å². The van der Waals surface area contributed by atoms with Gasteiger partial charge in [0.2, 0.25) is 0 Å². The fourth-order valence-corrected chi connectivity index (χ4v) is 1.75. The first-order chi connectivity index (χ1) is 10.1. The molecule has 0 fully saturated rings. The maximum atomic E-state index is 11.8. The highest BCUT2D eigenvalue weighted by atomic mass is 16.5. The van der Waals surface area contributed by atoms with E-state index in [0.29, 0.717) is 17.0 Å². The molecule has 2 rings (SSSR count). The van der Waals surface area contributed by atoms with Crippen molar-refractivity contribution < 1.29 is 14.3 Å². The first-order valence-electron chi connectivity index (χ1n) is 6.19. The van der Waals surface area contributed by atoms with Crippen LogP contribution >= 0.6 is 0 Å². The molecule has 0 bridgehead atoms. The number of amides is 2. The Hall–Kier alpha value is -3.07. The Kier molecular flexibility index (Phi) is 4.36. The van der Waals surface area contributed by atoms with Crippen molar-refractivity contribution in [3.05, 3.63) is 53.9 Å².